The lowest BCUT2D eigenvalue weighted by molar-refractivity contribution is -0.128. The number of rotatable bonds is 11. The van der Waals surface area contributed by atoms with Crippen LogP contribution in [-0.2, 0) is 17.8 Å². The molecule has 5 heteroatoms. The van der Waals surface area contributed by atoms with Crippen molar-refractivity contribution in [2.75, 3.05) is 13.2 Å². The quantitative estimate of drug-likeness (QED) is 0.365. The fourth-order valence-corrected chi connectivity index (χ4v) is 3.89. The molecule has 0 aliphatic carbocycles. The molecule has 1 N–H and O–H groups in total. The highest BCUT2D eigenvalue weighted by atomic mass is 16.5. The topological polar surface area (TPSA) is 56.1 Å². The van der Waals surface area contributed by atoms with Gasteiger partial charge in [0.1, 0.15) is 11.6 Å². The smallest absolute Gasteiger partial charge is 0.225 e. The highest BCUT2D eigenvalue weighted by Gasteiger charge is 2.20. The zero-order valence-corrected chi connectivity index (χ0v) is 20.9. The van der Waals surface area contributed by atoms with Gasteiger partial charge in [-0.1, -0.05) is 51.5 Å². The molecule has 0 aliphatic heterocycles. The number of para-hydroxylation sites is 2. The van der Waals surface area contributed by atoms with Crippen LogP contribution in [0.2, 0.25) is 0 Å². The molecule has 0 atom stereocenters. The van der Waals surface area contributed by atoms with Crippen LogP contribution in [-0.4, -0.2) is 28.6 Å². The highest BCUT2D eigenvalue weighted by molar-refractivity contribution is 5.81. The summed E-state index contributed by atoms with van der Waals surface area (Å²) in [5.74, 6) is 2.23. The molecule has 0 saturated carbocycles. The van der Waals surface area contributed by atoms with Gasteiger partial charge in [0, 0.05) is 24.9 Å². The molecule has 5 nitrogen and oxygen atoms in total. The number of aryl methyl sites for hydroxylation is 4. The Labute approximate surface area is 198 Å². The van der Waals surface area contributed by atoms with Crippen molar-refractivity contribution in [1.82, 2.24) is 14.9 Å². The Kier molecular flexibility index (Phi) is 8.54. The fourth-order valence-electron chi connectivity index (χ4n) is 3.89. The van der Waals surface area contributed by atoms with Crippen molar-refractivity contribution in [3.05, 3.63) is 59.4 Å². The molecule has 3 rings (SSSR count). The van der Waals surface area contributed by atoms with Crippen LogP contribution in [0.4, 0.5) is 0 Å². The number of imidazole rings is 1. The summed E-state index contributed by atoms with van der Waals surface area (Å²) in [7, 11) is 0. The molecule has 0 fully saturated rings. The normalized spacial score (nSPS) is 11.7. The lowest BCUT2D eigenvalue weighted by Crippen LogP contribution is -2.35. The number of carbonyl (C=O) groups is 1. The maximum absolute atomic E-state index is 12.0. The van der Waals surface area contributed by atoms with E-state index in [1.54, 1.807) is 0 Å². The number of ether oxygens (including phenoxy) is 1. The summed E-state index contributed by atoms with van der Waals surface area (Å²) < 4.78 is 8.42. The molecular formula is C28H39N3O2. The average Bonchev–Trinajstić information content (AvgIpc) is 3.12. The van der Waals surface area contributed by atoms with Crippen molar-refractivity contribution in [3.8, 4) is 5.75 Å². The standard InChI is InChI=1S/C28H39N3O2/c1-21-15-16-22(2)25(20-21)33-19-11-18-31-24-13-9-8-12-23(24)30-26(31)14-7-6-10-17-29-27(32)28(3,4)5/h8-9,12-13,15-16,20H,6-7,10-11,14,17-19H2,1-5H3,(H,29,32). The predicted molar refractivity (Wildman–Crippen MR) is 136 cm³/mol. The molecule has 178 valence electrons. The van der Waals surface area contributed by atoms with Gasteiger partial charge >= 0.3 is 0 Å². The van der Waals surface area contributed by atoms with Crippen molar-refractivity contribution in [3.63, 3.8) is 0 Å². The van der Waals surface area contributed by atoms with Crippen LogP contribution in [0.1, 0.15) is 63.4 Å². The Balaban J connectivity index is 1.51. The van der Waals surface area contributed by atoms with Gasteiger partial charge in [-0.05, 0) is 62.4 Å². The minimum absolute atomic E-state index is 0.118. The van der Waals surface area contributed by atoms with Crippen LogP contribution in [0.5, 0.6) is 5.75 Å². The van der Waals surface area contributed by atoms with E-state index >= 15 is 0 Å². The van der Waals surface area contributed by atoms with Crippen molar-refractivity contribution in [1.29, 1.82) is 0 Å². The minimum atomic E-state index is -0.327. The Morgan fingerprint density at radius 1 is 1.03 bits per heavy atom. The molecule has 33 heavy (non-hydrogen) atoms. The third kappa shape index (κ3) is 7.08. The second-order valence-electron chi connectivity index (χ2n) is 9.96. The molecule has 0 radical (unpaired) electrons. The van der Waals surface area contributed by atoms with Crippen LogP contribution in [0.15, 0.2) is 42.5 Å². The van der Waals surface area contributed by atoms with Crippen molar-refractivity contribution < 1.29 is 9.53 Å². The number of benzene rings is 2. The van der Waals surface area contributed by atoms with Gasteiger partial charge in [-0.15, -0.1) is 0 Å². The van der Waals surface area contributed by atoms with E-state index in [-0.39, 0.29) is 11.3 Å². The zero-order valence-electron chi connectivity index (χ0n) is 20.9. The third-order valence-electron chi connectivity index (χ3n) is 5.90. The fraction of sp³-hybridized carbons (Fsp3) is 0.500. The summed E-state index contributed by atoms with van der Waals surface area (Å²) in [4.78, 5) is 16.9. The molecule has 3 aromatic rings. The van der Waals surface area contributed by atoms with Crippen LogP contribution in [0, 0.1) is 19.3 Å². The first-order valence-corrected chi connectivity index (χ1v) is 12.2. The van der Waals surface area contributed by atoms with E-state index in [4.69, 9.17) is 9.72 Å². The molecule has 0 saturated heterocycles. The van der Waals surface area contributed by atoms with Gasteiger partial charge in [0.2, 0.25) is 5.91 Å². The Bertz CT molecular complexity index is 1060. The van der Waals surface area contributed by atoms with Gasteiger partial charge in [0.25, 0.3) is 0 Å². The number of nitrogens with one attached hydrogen (secondary N) is 1. The van der Waals surface area contributed by atoms with Crippen molar-refractivity contribution >= 4 is 16.9 Å². The first-order valence-electron chi connectivity index (χ1n) is 12.2. The Hall–Kier alpha value is -2.82. The number of amides is 1. The number of carbonyl (C=O) groups excluding carboxylic acids is 1. The highest BCUT2D eigenvalue weighted by Crippen LogP contribution is 2.21. The summed E-state index contributed by atoms with van der Waals surface area (Å²) >= 11 is 0. The van der Waals surface area contributed by atoms with E-state index in [0.717, 1.165) is 62.3 Å². The number of aromatic nitrogens is 2. The molecule has 0 unspecified atom stereocenters. The van der Waals surface area contributed by atoms with Gasteiger partial charge < -0.3 is 14.6 Å². The van der Waals surface area contributed by atoms with E-state index in [2.05, 4.69) is 60.1 Å². The van der Waals surface area contributed by atoms with E-state index in [1.807, 2.05) is 26.8 Å². The molecule has 1 heterocycles. The second kappa shape index (κ2) is 11.4. The first kappa shape index (κ1) is 24.8. The van der Waals surface area contributed by atoms with E-state index in [0.29, 0.717) is 6.61 Å². The lowest BCUT2D eigenvalue weighted by atomic mass is 9.96. The van der Waals surface area contributed by atoms with Gasteiger partial charge in [0.05, 0.1) is 17.6 Å². The van der Waals surface area contributed by atoms with Crippen molar-refractivity contribution in [2.24, 2.45) is 5.41 Å². The van der Waals surface area contributed by atoms with Crippen LogP contribution < -0.4 is 10.1 Å². The number of unbranched alkanes of at least 4 members (excludes halogenated alkanes) is 2. The number of hydrogen-bond acceptors (Lipinski definition) is 3. The zero-order chi connectivity index (χ0) is 23.8. The van der Waals surface area contributed by atoms with Crippen LogP contribution in [0.25, 0.3) is 11.0 Å². The molecule has 0 aliphatic rings. The van der Waals surface area contributed by atoms with Gasteiger partial charge in [-0.3, -0.25) is 4.79 Å². The summed E-state index contributed by atoms with van der Waals surface area (Å²) in [6.07, 6.45) is 5.00. The molecule has 1 aromatic heterocycles. The van der Waals surface area contributed by atoms with E-state index in [1.165, 1.54) is 16.6 Å². The Morgan fingerprint density at radius 3 is 2.61 bits per heavy atom. The Morgan fingerprint density at radius 2 is 1.82 bits per heavy atom. The molecule has 2 aromatic carbocycles. The molecule has 0 spiro atoms. The summed E-state index contributed by atoms with van der Waals surface area (Å²) in [6, 6.07) is 14.7. The maximum atomic E-state index is 12.0. The number of nitrogens with zero attached hydrogens (tertiary/aromatic N) is 2. The van der Waals surface area contributed by atoms with E-state index < -0.39 is 0 Å². The average molecular weight is 450 g/mol. The SMILES string of the molecule is Cc1ccc(C)c(OCCCn2c(CCCCCNC(=O)C(C)(C)C)nc3ccccc32)c1. The lowest BCUT2D eigenvalue weighted by Gasteiger charge is -2.17. The number of hydrogen-bond donors (Lipinski definition) is 1. The molecular weight excluding hydrogens is 410 g/mol. The largest absolute Gasteiger partial charge is 0.493 e. The van der Waals surface area contributed by atoms with Gasteiger partial charge in [-0.2, -0.15) is 0 Å². The van der Waals surface area contributed by atoms with Gasteiger partial charge in [0.15, 0.2) is 0 Å². The predicted octanol–water partition coefficient (Wildman–Crippen LogP) is 6.00. The van der Waals surface area contributed by atoms with Gasteiger partial charge in [-0.25, -0.2) is 4.98 Å². The van der Waals surface area contributed by atoms with Crippen LogP contribution >= 0.6 is 0 Å². The summed E-state index contributed by atoms with van der Waals surface area (Å²) in [5, 5.41) is 3.04. The third-order valence-corrected chi connectivity index (χ3v) is 5.90. The monoisotopic (exact) mass is 449 g/mol. The summed E-state index contributed by atoms with van der Waals surface area (Å²) in [5.41, 5.74) is 4.31. The maximum Gasteiger partial charge on any atom is 0.225 e. The van der Waals surface area contributed by atoms with Crippen molar-refractivity contribution in [2.45, 2.75) is 73.3 Å². The summed E-state index contributed by atoms with van der Waals surface area (Å²) in [6.45, 7) is 12.3. The first-order chi connectivity index (χ1) is 15.8. The second-order valence-corrected chi connectivity index (χ2v) is 9.96. The molecule has 0 bridgehead atoms. The molecule has 1 amide bonds. The van der Waals surface area contributed by atoms with Crippen LogP contribution in [0.3, 0.4) is 0 Å². The van der Waals surface area contributed by atoms with E-state index in [9.17, 15) is 4.79 Å². The minimum Gasteiger partial charge on any atom is -0.493 e. The number of fused-ring (bicyclic) bond motifs is 1.